The van der Waals surface area contributed by atoms with Crippen LogP contribution in [0.3, 0.4) is 0 Å². The molecule has 0 radical (unpaired) electrons. The molecule has 1 aliphatic heterocycles. The highest BCUT2D eigenvalue weighted by atomic mass is 32.2. The lowest BCUT2D eigenvalue weighted by Crippen LogP contribution is -2.74. The van der Waals surface area contributed by atoms with Gasteiger partial charge in [-0.05, 0) is 6.26 Å². The van der Waals surface area contributed by atoms with E-state index in [0.29, 0.717) is 5.75 Å². The van der Waals surface area contributed by atoms with Crippen LogP contribution in [0.15, 0.2) is 16.9 Å². The Kier molecular flexibility index (Phi) is 3.83. The van der Waals surface area contributed by atoms with Crippen molar-refractivity contribution in [3.8, 4) is 0 Å². The number of quaternary nitrogens is 1. The van der Waals surface area contributed by atoms with Crippen LogP contribution in [0.4, 0.5) is 0 Å². The second-order valence-corrected chi connectivity index (χ2v) is 3.09. The monoisotopic (exact) mass is 187 g/mol. The fourth-order valence-corrected chi connectivity index (χ4v) is 1.05. The number of rotatable bonds is 4. The minimum absolute atomic E-state index is 0.189. The third-order valence-corrected chi connectivity index (χ3v) is 1.78. The number of ether oxygens (including phenoxy) is 1. The standard InChI is InChI=1S/C7H10N2O2S/c1-12-4-7(10)11-3-6-2-8-5-9-6/h2,5H,3-4H2,1H3,(H,8,9)/p+1. The molecule has 0 saturated carbocycles. The molecule has 0 aromatic carbocycles. The summed E-state index contributed by atoms with van der Waals surface area (Å²) in [5.74, 6) is 0.214. The molecule has 0 aliphatic carbocycles. The van der Waals surface area contributed by atoms with E-state index in [1.165, 1.54) is 11.8 Å². The van der Waals surface area contributed by atoms with E-state index in [0.717, 1.165) is 5.70 Å². The Balaban J connectivity index is 2.16. The first-order chi connectivity index (χ1) is 5.83. The zero-order chi connectivity index (χ0) is 8.81. The van der Waals surface area contributed by atoms with E-state index >= 15 is 0 Å². The Labute approximate surface area is 75.1 Å². The van der Waals surface area contributed by atoms with Gasteiger partial charge in [0.2, 0.25) is 0 Å². The SMILES string of the molecule is CSCC(=O)OCC1=C[NH2+]C=N1. The quantitative estimate of drug-likeness (QED) is 0.594. The molecular formula is C7H11N2O2S+. The van der Waals surface area contributed by atoms with Gasteiger partial charge in [-0.2, -0.15) is 16.8 Å². The first-order valence-corrected chi connectivity index (χ1v) is 4.93. The minimum atomic E-state index is -0.189. The number of carbonyl (C=O) groups is 1. The molecule has 0 saturated heterocycles. The van der Waals surface area contributed by atoms with Crippen molar-refractivity contribution >= 4 is 24.1 Å². The van der Waals surface area contributed by atoms with Crippen LogP contribution in [-0.2, 0) is 9.53 Å². The summed E-state index contributed by atoms with van der Waals surface area (Å²) in [6, 6.07) is 0. The smallest absolute Gasteiger partial charge is 0.316 e. The third kappa shape index (κ3) is 3.06. The summed E-state index contributed by atoms with van der Waals surface area (Å²) in [6.07, 6.45) is 5.37. The van der Waals surface area contributed by atoms with Gasteiger partial charge in [-0.1, -0.05) is 0 Å². The van der Waals surface area contributed by atoms with Crippen LogP contribution in [0.2, 0.25) is 0 Å². The van der Waals surface area contributed by atoms with Crippen molar-refractivity contribution in [2.75, 3.05) is 18.6 Å². The van der Waals surface area contributed by atoms with Crippen molar-refractivity contribution in [3.63, 3.8) is 0 Å². The second-order valence-electron chi connectivity index (χ2n) is 2.22. The Hall–Kier alpha value is -0.810. The number of hydrogen-bond acceptors (Lipinski definition) is 4. The summed E-state index contributed by atoms with van der Waals surface area (Å²) in [5, 5.41) is 1.82. The second kappa shape index (κ2) is 4.95. The summed E-state index contributed by atoms with van der Waals surface area (Å²) in [4.78, 5) is 14.8. The first-order valence-electron chi connectivity index (χ1n) is 3.54. The fourth-order valence-electron chi connectivity index (χ4n) is 0.735. The Morgan fingerprint density at radius 2 is 2.67 bits per heavy atom. The minimum Gasteiger partial charge on any atom is -0.458 e. The van der Waals surface area contributed by atoms with Gasteiger partial charge >= 0.3 is 5.97 Å². The van der Waals surface area contributed by atoms with E-state index in [4.69, 9.17) is 4.74 Å². The van der Waals surface area contributed by atoms with Crippen molar-refractivity contribution in [1.29, 1.82) is 0 Å². The first kappa shape index (κ1) is 9.28. The molecule has 0 bridgehead atoms. The summed E-state index contributed by atoms with van der Waals surface area (Å²) in [5.41, 5.74) is 0.796. The van der Waals surface area contributed by atoms with Gasteiger partial charge in [0.25, 0.3) is 0 Å². The zero-order valence-corrected chi connectivity index (χ0v) is 7.63. The molecule has 0 atom stereocenters. The molecule has 0 spiro atoms. The van der Waals surface area contributed by atoms with Crippen LogP contribution < -0.4 is 5.32 Å². The van der Waals surface area contributed by atoms with Crippen LogP contribution in [0, 0.1) is 0 Å². The fraction of sp³-hybridized carbons (Fsp3) is 0.429. The number of aliphatic imine (C=N–C) groups is 1. The van der Waals surface area contributed by atoms with E-state index in [1.807, 2.05) is 17.8 Å². The highest BCUT2D eigenvalue weighted by molar-refractivity contribution is 7.99. The Morgan fingerprint density at radius 3 is 3.25 bits per heavy atom. The van der Waals surface area contributed by atoms with Crippen molar-refractivity contribution in [1.82, 2.24) is 0 Å². The van der Waals surface area contributed by atoms with Gasteiger partial charge in [-0.15, -0.1) is 0 Å². The molecule has 0 aromatic heterocycles. The molecule has 5 heteroatoms. The number of carbonyl (C=O) groups excluding carboxylic acids is 1. The van der Waals surface area contributed by atoms with Gasteiger partial charge in [0.15, 0.2) is 6.34 Å². The highest BCUT2D eigenvalue weighted by Crippen LogP contribution is 1.98. The van der Waals surface area contributed by atoms with Crippen LogP contribution in [0.1, 0.15) is 0 Å². The summed E-state index contributed by atoms with van der Waals surface area (Å²) in [7, 11) is 0. The molecule has 1 aliphatic rings. The predicted molar refractivity (Wildman–Crippen MR) is 47.8 cm³/mol. The molecule has 12 heavy (non-hydrogen) atoms. The lowest BCUT2D eigenvalue weighted by atomic mass is 10.5. The molecular weight excluding hydrogens is 176 g/mol. The van der Waals surface area contributed by atoms with Crippen LogP contribution in [0.5, 0.6) is 0 Å². The van der Waals surface area contributed by atoms with Crippen molar-refractivity contribution in [2.45, 2.75) is 0 Å². The molecule has 1 rings (SSSR count). The molecule has 0 unspecified atom stereocenters. The van der Waals surface area contributed by atoms with Gasteiger partial charge in [0.1, 0.15) is 18.5 Å². The van der Waals surface area contributed by atoms with Gasteiger partial charge in [0.05, 0.1) is 5.75 Å². The number of nitrogens with two attached hydrogens (primary N) is 1. The van der Waals surface area contributed by atoms with Crippen LogP contribution >= 0.6 is 11.8 Å². The molecule has 0 amide bonds. The van der Waals surface area contributed by atoms with E-state index < -0.39 is 0 Å². The van der Waals surface area contributed by atoms with E-state index in [1.54, 1.807) is 6.34 Å². The molecule has 0 aromatic rings. The lowest BCUT2D eigenvalue weighted by molar-refractivity contribution is -0.447. The van der Waals surface area contributed by atoms with E-state index in [2.05, 4.69) is 4.99 Å². The maximum atomic E-state index is 10.9. The van der Waals surface area contributed by atoms with Gasteiger partial charge in [-0.3, -0.25) is 10.1 Å². The maximum absolute atomic E-state index is 10.9. The lowest BCUT2D eigenvalue weighted by Gasteiger charge is -1.99. The predicted octanol–water partition coefficient (Wildman–Crippen LogP) is -0.661. The van der Waals surface area contributed by atoms with Crippen molar-refractivity contribution in [2.24, 2.45) is 4.99 Å². The number of esters is 1. The largest absolute Gasteiger partial charge is 0.458 e. The number of nitrogens with zero attached hydrogens (tertiary/aromatic N) is 1. The van der Waals surface area contributed by atoms with Gasteiger partial charge in [-0.25, -0.2) is 0 Å². The van der Waals surface area contributed by atoms with Crippen LogP contribution in [0.25, 0.3) is 0 Å². The molecule has 0 fully saturated rings. The topological polar surface area (TPSA) is 55.3 Å². The maximum Gasteiger partial charge on any atom is 0.316 e. The summed E-state index contributed by atoms with van der Waals surface area (Å²) in [6.45, 7) is 0.284. The average Bonchev–Trinajstić information content (AvgIpc) is 2.53. The van der Waals surface area contributed by atoms with Gasteiger partial charge < -0.3 is 4.74 Å². The highest BCUT2D eigenvalue weighted by Gasteiger charge is 2.06. The summed E-state index contributed by atoms with van der Waals surface area (Å²) < 4.78 is 4.90. The zero-order valence-electron chi connectivity index (χ0n) is 6.82. The van der Waals surface area contributed by atoms with E-state index in [9.17, 15) is 4.79 Å². The average molecular weight is 187 g/mol. The molecule has 4 nitrogen and oxygen atoms in total. The Morgan fingerprint density at radius 1 is 1.83 bits per heavy atom. The molecule has 66 valence electrons. The van der Waals surface area contributed by atoms with Gasteiger partial charge in [0, 0.05) is 0 Å². The number of thioether (sulfide) groups is 1. The third-order valence-electron chi connectivity index (χ3n) is 1.26. The van der Waals surface area contributed by atoms with Crippen molar-refractivity contribution < 1.29 is 14.8 Å². The van der Waals surface area contributed by atoms with E-state index in [-0.39, 0.29) is 12.6 Å². The number of hydrogen-bond donors (Lipinski definition) is 1. The van der Waals surface area contributed by atoms with Crippen molar-refractivity contribution in [3.05, 3.63) is 11.9 Å². The Bertz CT molecular complexity index is 225. The molecule has 2 N–H and O–H groups in total. The normalized spacial score (nSPS) is 14.6. The van der Waals surface area contributed by atoms with Crippen LogP contribution in [-0.4, -0.2) is 30.9 Å². The molecule has 1 heterocycles. The summed E-state index contributed by atoms with van der Waals surface area (Å²) >= 11 is 1.45.